The lowest BCUT2D eigenvalue weighted by atomic mass is 9.89. The number of phenols is 2. The molecule has 1 rings (SSSR count). The molecule has 26 heavy (non-hydrogen) atoms. The molecule has 0 fully saturated rings. The van der Waals surface area contributed by atoms with Crippen LogP contribution in [-0.2, 0) is 12.8 Å². The Hall–Kier alpha value is -1.18. The molecule has 0 bridgehead atoms. The van der Waals surface area contributed by atoms with E-state index in [4.69, 9.17) is 0 Å². The van der Waals surface area contributed by atoms with Gasteiger partial charge in [-0.3, -0.25) is 0 Å². The highest BCUT2D eigenvalue weighted by molar-refractivity contribution is 5.46. The summed E-state index contributed by atoms with van der Waals surface area (Å²) in [6.07, 6.45) is 11.1. The first-order chi connectivity index (χ1) is 12.0. The molecule has 2 N–H and O–H groups in total. The van der Waals surface area contributed by atoms with Crippen LogP contribution < -0.4 is 0 Å². The summed E-state index contributed by atoms with van der Waals surface area (Å²) in [6.45, 7) is 13.7. The third-order valence-electron chi connectivity index (χ3n) is 5.00. The van der Waals surface area contributed by atoms with E-state index in [1.54, 1.807) is 12.1 Å². The Morgan fingerprint density at radius 1 is 0.615 bits per heavy atom. The van der Waals surface area contributed by atoms with Crippen molar-refractivity contribution in [3.05, 3.63) is 23.3 Å². The number of rotatable bonds is 10. The van der Waals surface area contributed by atoms with Crippen molar-refractivity contribution in [2.24, 2.45) is 10.8 Å². The second kappa shape index (κ2) is 10.2. The van der Waals surface area contributed by atoms with Crippen molar-refractivity contribution in [1.82, 2.24) is 0 Å². The number of hydrogen-bond acceptors (Lipinski definition) is 2. The van der Waals surface area contributed by atoms with Crippen LogP contribution in [0.5, 0.6) is 11.5 Å². The molecule has 2 nitrogen and oxygen atoms in total. The summed E-state index contributed by atoms with van der Waals surface area (Å²) in [4.78, 5) is 0. The lowest BCUT2D eigenvalue weighted by molar-refractivity contribution is 0.357. The van der Waals surface area contributed by atoms with Gasteiger partial charge in [0.25, 0.3) is 0 Å². The van der Waals surface area contributed by atoms with Crippen LogP contribution in [0, 0.1) is 10.8 Å². The summed E-state index contributed by atoms with van der Waals surface area (Å²) in [6, 6.07) is 3.48. The molecule has 0 spiro atoms. The highest BCUT2D eigenvalue weighted by atomic mass is 16.3. The van der Waals surface area contributed by atoms with E-state index in [-0.39, 0.29) is 5.75 Å². The normalized spacial score (nSPS) is 12.5. The van der Waals surface area contributed by atoms with Crippen molar-refractivity contribution >= 4 is 0 Å². The van der Waals surface area contributed by atoms with Crippen molar-refractivity contribution in [1.29, 1.82) is 0 Å². The zero-order valence-electron chi connectivity index (χ0n) is 18.1. The molecule has 0 aliphatic heterocycles. The van der Waals surface area contributed by atoms with Crippen LogP contribution in [0.15, 0.2) is 12.1 Å². The van der Waals surface area contributed by atoms with Gasteiger partial charge in [0, 0.05) is 0 Å². The lowest BCUT2D eigenvalue weighted by Crippen LogP contribution is -2.04. The molecule has 0 heterocycles. The predicted molar refractivity (Wildman–Crippen MR) is 113 cm³/mol. The number of benzene rings is 1. The minimum Gasteiger partial charge on any atom is -0.508 e. The van der Waals surface area contributed by atoms with Gasteiger partial charge in [-0.05, 0) is 72.6 Å². The Labute approximate surface area is 162 Å². The molecule has 1 aromatic rings. The summed E-state index contributed by atoms with van der Waals surface area (Å²) >= 11 is 0. The molecule has 0 unspecified atom stereocenters. The molecular formula is C24H42O2. The van der Waals surface area contributed by atoms with Crippen LogP contribution in [-0.4, -0.2) is 10.2 Å². The average Bonchev–Trinajstić information content (AvgIpc) is 2.48. The zero-order chi connectivity index (χ0) is 19.8. The Balaban J connectivity index is 2.46. The van der Waals surface area contributed by atoms with Crippen molar-refractivity contribution in [2.75, 3.05) is 0 Å². The van der Waals surface area contributed by atoms with Gasteiger partial charge in [-0.15, -0.1) is 0 Å². The van der Waals surface area contributed by atoms with E-state index >= 15 is 0 Å². The monoisotopic (exact) mass is 362 g/mol. The van der Waals surface area contributed by atoms with Crippen LogP contribution in [0.2, 0.25) is 0 Å². The van der Waals surface area contributed by atoms with Gasteiger partial charge in [0.1, 0.15) is 11.5 Å². The number of unbranched alkanes of at least 4 members (excludes halogenated alkanes) is 4. The van der Waals surface area contributed by atoms with Crippen LogP contribution in [0.25, 0.3) is 0 Å². The van der Waals surface area contributed by atoms with Crippen molar-refractivity contribution in [2.45, 2.75) is 106 Å². The third-order valence-corrected chi connectivity index (χ3v) is 5.00. The van der Waals surface area contributed by atoms with E-state index < -0.39 is 0 Å². The van der Waals surface area contributed by atoms with E-state index in [1.165, 1.54) is 38.5 Å². The van der Waals surface area contributed by atoms with Crippen LogP contribution in [0.1, 0.15) is 104 Å². The van der Waals surface area contributed by atoms with Gasteiger partial charge in [-0.1, -0.05) is 67.2 Å². The highest BCUT2D eigenvalue weighted by Crippen LogP contribution is 2.31. The largest absolute Gasteiger partial charge is 0.508 e. The first kappa shape index (κ1) is 22.9. The fourth-order valence-electron chi connectivity index (χ4n) is 3.42. The molecule has 0 saturated carbocycles. The Kier molecular flexibility index (Phi) is 9.00. The maximum Gasteiger partial charge on any atom is 0.122 e. The average molecular weight is 363 g/mol. The summed E-state index contributed by atoms with van der Waals surface area (Å²) in [7, 11) is 0. The molecule has 0 aromatic heterocycles. The fourth-order valence-corrected chi connectivity index (χ4v) is 3.42. The first-order valence-electron chi connectivity index (χ1n) is 10.5. The van der Waals surface area contributed by atoms with Crippen LogP contribution in [0.3, 0.4) is 0 Å². The molecular weight excluding hydrogens is 320 g/mol. The quantitative estimate of drug-likeness (QED) is 0.336. The van der Waals surface area contributed by atoms with Gasteiger partial charge >= 0.3 is 0 Å². The molecule has 150 valence electrons. The molecule has 0 amide bonds. The van der Waals surface area contributed by atoms with E-state index in [0.29, 0.717) is 16.6 Å². The summed E-state index contributed by atoms with van der Waals surface area (Å²) in [5, 5.41) is 20.6. The van der Waals surface area contributed by atoms with Gasteiger partial charge < -0.3 is 10.2 Å². The van der Waals surface area contributed by atoms with Gasteiger partial charge in [-0.2, -0.15) is 0 Å². The van der Waals surface area contributed by atoms with Crippen molar-refractivity contribution in [3.63, 3.8) is 0 Å². The number of phenolic OH excluding ortho intramolecular Hbond substituents is 2. The van der Waals surface area contributed by atoms with E-state index in [9.17, 15) is 10.2 Å². The minimum absolute atomic E-state index is 0.289. The van der Waals surface area contributed by atoms with Crippen LogP contribution >= 0.6 is 0 Å². The summed E-state index contributed by atoms with van der Waals surface area (Å²) in [5.74, 6) is 0.701. The van der Waals surface area contributed by atoms with Gasteiger partial charge in [-0.25, -0.2) is 0 Å². The molecule has 0 radical (unpaired) electrons. The first-order valence-corrected chi connectivity index (χ1v) is 10.5. The van der Waals surface area contributed by atoms with Crippen molar-refractivity contribution < 1.29 is 10.2 Å². The standard InChI is InChI=1S/C24H42O2/c1-23(2,3)15-11-7-9-13-19-17-21(25)18-20(22(19)26)14-10-8-12-16-24(4,5)6/h17-18,25-26H,7-16H2,1-6H3. The SMILES string of the molecule is CC(C)(C)CCCCCc1cc(O)cc(CCCCCC(C)(C)C)c1O. The molecule has 0 atom stereocenters. The molecule has 0 aliphatic carbocycles. The second-order valence-corrected chi connectivity index (χ2v) is 10.4. The summed E-state index contributed by atoms with van der Waals surface area (Å²) in [5.41, 5.74) is 2.61. The number of hydrogen-bond donors (Lipinski definition) is 2. The number of aromatic hydroxyl groups is 2. The van der Waals surface area contributed by atoms with E-state index in [0.717, 1.165) is 36.8 Å². The third kappa shape index (κ3) is 10.1. The topological polar surface area (TPSA) is 40.5 Å². The minimum atomic E-state index is 0.289. The fraction of sp³-hybridized carbons (Fsp3) is 0.750. The van der Waals surface area contributed by atoms with Gasteiger partial charge in [0.05, 0.1) is 0 Å². The zero-order valence-corrected chi connectivity index (χ0v) is 18.1. The van der Waals surface area contributed by atoms with Gasteiger partial charge in [0.2, 0.25) is 0 Å². The Bertz CT molecular complexity index is 487. The van der Waals surface area contributed by atoms with Crippen LogP contribution in [0.4, 0.5) is 0 Å². The lowest BCUT2D eigenvalue weighted by Gasteiger charge is -2.18. The van der Waals surface area contributed by atoms with Crippen molar-refractivity contribution in [3.8, 4) is 11.5 Å². The maximum absolute atomic E-state index is 10.6. The van der Waals surface area contributed by atoms with Gasteiger partial charge in [0.15, 0.2) is 0 Å². The predicted octanol–water partition coefficient (Wildman–Crippen LogP) is 7.40. The molecule has 0 aliphatic rings. The maximum atomic E-state index is 10.6. The molecule has 1 aromatic carbocycles. The Morgan fingerprint density at radius 3 is 1.35 bits per heavy atom. The molecule has 2 heteroatoms. The summed E-state index contributed by atoms with van der Waals surface area (Å²) < 4.78 is 0. The van der Waals surface area contributed by atoms with E-state index in [2.05, 4.69) is 41.5 Å². The smallest absolute Gasteiger partial charge is 0.122 e. The Morgan fingerprint density at radius 2 is 1.00 bits per heavy atom. The van der Waals surface area contributed by atoms with E-state index in [1.807, 2.05) is 0 Å². The second-order valence-electron chi connectivity index (χ2n) is 10.4. The highest BCUT2D eigenvalue weighted by Gasteiger charge is 2.12. The molecule has 0 saturated heterocycles. The number of aryl methyl sites for hydroxylation is 2.